The van der Waals surface area contributed by atoms with Gasteiger partial charge in [-0.1, -0.05) is 56.7 Å². The standard InChI is InChI=1S/C22H23F3O2/c1-3-5-6-7-8-12-18-20(4-2)27-15-14-17(21(18)26)16-11-9-10-13-19(16)22(23,24)25/h4,8-14H,2-3,5-7,15H2,1H3/b12-8+. The Kier molecular flexibility index (Phi) is 7.22. The van der Waals surface area contributed by atoms with E-state index in [-0.39, 0.29) is 29.1 Å². The van der Waals surface area contributed by atoms with Gasteiger partial charge >= 0.3 is 6.18 Å². The van der Waals surface area contributed by atoms with E-state index < -0.39 is 17.5 Å². The molecule has 0 N–H and O–H groups in total. The Morgan fingerprint density at radius 1 is 1.22 bits per heavy atom. The Morgan fingerprint density at radius 2 is 1.96 bits per heavy atom. The predicted octanol–water partition coefficient (Wildman–Crippen LogP) is 6.26. The van der Waals surface area contributed by atoms with Gasteiger partial charge in [0.2, 0.25) is 0 Å². The average Bonchev–Trinajstić information content (AvgIpc) is 2.80. The Hall–Kier alpha value is -2.56. The van der Waals surface area contributed by atoms with E-state index >= 15 is 0 Å². The number of hydrogen-bond acceptors (Lipinski definition) is 2. The van der Waals surface area contributed by atoms with E-state index in [0.29, 0.717) is 0 Å². The molecule has 27 heavy (non-hydrogen) atoms. The highest BCUT2D eigenvalue weighted by atomic mass is 19.4. The maximum atomic E-state index is 13.4. The molecule has 0 radical (unpaired) electrons. The molecule has 1 aromatic carbocycles. The van der Waals surface area contributed by atoms with E-state index in [9.17, 15) is 18.0 Å². The van der Waals surface area contributed by atoms with Crippen LogP contribution in [0.2, 0.25) is 0 Å². The molecule has 0 amide bonds. The van der Waals surface area contributed by atoms with Crippen LogP contribution in [-0.4, -0.2) is 12.4 Å². The summed E-state index contributed by atoms with van der Waals surface area (Å²) in [6, 6.07) is 5.09. The third-order valence-electron chi connectivity index (χ3n) is 4.25. The second-order valence-corrected chi connectivity index (χ2v) is 6.18. The van der Waals surface area contributed by atoms with Gasteiger partial charge in [0, 0.05) is 5.57 Å². The van der Waals surface area contributed by atoms with Crippen LogP contribution in [0.5, 0.6) is 0 Å². The van der Waals surface area contributed by atoms with Crippen molar-refractivity contribution in [1.29, 1.82) is 0 Å². The van der Waals surface area contributed by atoms with Crippen LogP contribution >= 0.6 is 0 Å². The number of hydrogen-bond donors (Lipinski definition) is 0. The van der Waals surface area contributed by atoms with Gasteiger partial charge in [-0.2, -0.15) is 13.2 Å². The summed E-state index contributed by atoms with van der Waals surface area (Å²) < 4.78 is 45.7. The number of carbonyl (C=O) groups excluding carboxylic acids is 1. The lowest BCUT2D eigenvalue weighted by Gasteiger charge is -2.14. The van der Waals surface area contributed by atoms with Crippen LogP contribution in [0.25, 0.3) is 5.57 Å². The third kappa shape index (κ3) is 5.22. The van der Waals surface area contributed by atoms with Gasteiger partial charge in [0.1, 0.15) is 12.4 Å². The Balaban J connectivity index is 2.41. The van der Waals surface area contributed by atoms with E-state index in [1.807, 2.05) is 6.08 Å². The highest BCUT2D eigenvalue weighted by Crippen LogP contribution is 2.36. The van der Waals surface area contributed by atoms with Gasteiger partial charge in [-0.15, -0.1) is 0 Å². The fourth-order valence-electron chi connectivity index (χ4n) is 2.88. The molecule has 0 aliphatic carbocycles. The van der Waals surface area contributed by atoms with Crippen molar-refractivity contribution in [3.05, 3.63) is 77.6 Å². The monoisotopic (exact) mass is 376 g/mol. The van der Waals surface area contributed by atoms with Crippen molar-refractivity contribution in [1.82, 2.24) is 0 Å². The molecule has 144 valence electrons. The number of carbonyl (C=O) groups is 1. The molecule has 0 bridgehead atoms. The van der Waals surface area contributed by atoms with Crippen LogP contribution in [0.1, 0.15) is 43.7 Å². The van der Waals surface area contributed by atoms with Crippen LogP contribution in [-0.2, 0) is 15.7 Å². The number of ketones is 1. The zero-order valence-electron chi connectivity index (χ0n) is 15.3. The number of Topliss-reactive ketones (excluding diaryl/α,β-unsaturated/α-hetero) is 1. The van der Waals surface area contributed by atoms with Crippen molar-refractivity contribution >= 4 is 11.4 Å². The average molecular weight is 376 g/mol. The maximum absolute atomic E-state index is 13.4. The van der Waals surface area contributed by atoms with Crippen LogP contribution in [0, 0.1) is 0 Å². The molecular weight excluding hydrogens is 353 g/mol. The number of halogens is 3. The number of ether oxygens (including phenoxy) is 1. The maximum Gasteiger partial charge on any atom is 0.417 e. The summed E-state index contributed by atoms with van der Waals surface area (Å²) in [5.41, 5.74) is -0.756. The Morgan fingerprint density at radius 3 is 2.63 bits per heavy atom. The molecule has 1 aromatic rings. The van der Waals surface area contributed by atoms with Crippen molar-refractivity contribution in [3.8, 4) is 0 Å². The topological polar surface area (TPSA) is 26.3 Å². The summed E-state index contributed by atoms with van der Waals surface area (Å²) in [6.45, 7) is 5.75. The highest BCUT2D eigenvalue weighted by molar-refractivity contribution is 6.30. The van der Waals surface area contributed by atoms with Gasteiger partial charge in [-0.25, -0.2) is 0 Å². The minimum absolute atomic E-state index is 0.00178. The first-order chi connectivity index (χ1) is 12.9. The molecule has 0 unspecified atom stereocenters. The summed E-state index contributed by atoms with van der Waals surface area (Å²) in [7, 11) is 0. The summed E-state index contributed by atoms with van der Waals surface area (Å²) >= 11 is 0. The second kappa shape index (κ2) is 9.40. The third-order valence-corrected chi connectivity index (χ3v) is 4.25. The van der Waals surface area contributed by atoms with E-state index in [4.69, 9.17) is 4.74 Å². The molecule has 2 rings (SSSR count). The molecule has 0 saturated heterocycles. The van der Waals surface area contributed by atoms with Crippen molar-refractivity contribution in [2.24, 2.45) is 0 Å². The van der Waals surface area contributed by atoms with Gasteiger partial charge in [0.15, 0.2) is 5.78 Å². The van der Waals surface area contributed by atoms with E-state index in [1.54, 1.807) is 6.08 Å². The number of allylic oxidation sites excluding steroid dienone is 5. The molecule has 0 saturated carbocycles. The van der Waals surface area contributed by atoms with E-state index in [1.165, 1.54) is 30.4 Å². The van der Waals surface area contributed by atoms with Crippen molar-refractivity contribution in [2.75, 3.05) is 6.61 Å². The van der Waals surface area contributed by atoms with E-state index in [2.05, 4.69) is 13.5 Å². The zero-order valence-corrected chi connectivity index (χ0v) is 15.3. The minimum Gasteiger partial charge on any atom is -0.489 e. The van der Waals surface area contributed by atoms with E-state index in [0.717, 1.165) is 31.7 Å². The normalized spacial score (nSPS) is 15.6. The van der Waals surface area contributed by atoms with Crippen LogP contribution in [0.15, 0.2) is 66.5 Å². The Bertz CT molecular complexity index is 783. The fourth-order valence-corrected chi connectivity index (χ4v) is 2.88. The number of alkyl halides is 3. The molecule has 1 aliphatic heterocycles. The van der Waals surface area contributed by atoms with Crippen molar-refractivity contribution in [3.63, 3.8) is 0 Å². The summed E-state index contributed by atoms with van der Waals surface area (Å²) in [6.07, 6.45) is 5.67. The number of benzene rings is 1. The molecule has 0 fully saturated rings. The first-order valence-corrected chi connectivity index (χ1v) is 8.97. The highest BCUT2D eigenvalue weighted by Gasteiger charge is 2.35. The molecule has 0 atom stereocenters. The fraction of sp³-hybridized carbons (Fsp3) is 0.318. The first kappa shape index (κ1) is 20.7. The molecular formula is C22H23F3O2. The van der Waals surface area contributed by atoms with Gasteiger partial charge in [-0.3, -0.25) is 4.79 Å². The molecule has 5 heteroatoms. The van der Waals surface area contributed by atoms with Crippen LogP contribution < -0.4 is 0 Å². The lowest BCUT2D eigenvalue weighted by atomic mass is 9.92. The summed E-state index contributed by atoms with van der Waals surface area (Å²) in [5.74, 6) is -0.215. The van der Waals surface area contributed by atoms with Crippen molar-refractivity contribution in [2.45, 2.75) is 38.8 Å². The number of rotatable bonds is 7. The molecule has 1 heterocycles. The summed E-state index contributed by atoms with van der Waals surface area (Å²) in [4.78, 5) is 13.0. The van der Waals surface area contributed by atoms with Crippen molar-refractivity contribution < 1.29 is 22.7 Å². The molecule has 0 spiro atoms. The minimum atomic E-state index is -4.55. The van der Waals surface area contributed by atoms with Gasteiger partial charge in [-0.05, 0) is 36.6 Å². The number of unbranched alkanes of at least 4 members (excludes halogenated alkanes) is 3. The summed E-state index contributed by atoms with van der Waals surface area (Å²) in [5, 5.41) is 0. The van der Waals surface area contributed by atoms with Crippen LogP contribution in [0.4, 0.5) is 13.2 Å². The van der Waals surface area contributed by atoms with Gasteiger partial charge in [0.05, 0.1) is 11.1 Å². The quantitative estimate of drug-likeness (QED) is 0.525. The lowest BCUT2D eigenvalue weighted by molar-refractivity contribution is -0.137. The van der Waals surface area contributed by atoms with Gasteiger partial charge in [0.25, 0.3) is 0 Å². The SMILES string of the molecule is C=CC1=C(/C=C/CCCCC)C(=O)C(c2ccccc2C(F)(F)F)=CCO1. The zero-order chi connectivity index (χ0) is 19.9. The van der Waals surface area contributed by atoms with Crippen LogP contribution in [0.3, 0.4) is 0 Å². The molecule has 1 aliphatic rings. The predicted molar refractivity (Wildman–Crippen MR) is 101 cm³/mol. The van der Waals surface area contributed by atoms with Gasteiger partial charge < -0.3 is 4.74 Å². The molecule has 0 aromatic heterocycles. The lowest BCUT2D eigenvalue weighted by Crippen LogP contribution is -2.13. The second-order valence-electron chi connectivity index (χ2n) is 6.18. The smallest absolute Gasteiger partial charge is 0.417 e. The molecule has 2 nitrogen and oxygen atoms in total. The Labute approximate surface area is 157 Å². The first-order valence-electron chi connectivity index (χ1n) is 8.97. The largest absolute Gasteiger partial charge is 0.489 e.